The molecule has 8 heteroatoms. The second kappa shape index (κ2) is 6.77. The van der Waals surface area contributed by atoms with Crippen LogP contribution in [0.15, 0.2) is 30.7 Å². The third-order valence-corrected chi connectivity index (χ3v) is 5.36. The topological polar surface area (TPSA) is 78.4 Å². The molecule has 0 bridgehead atoms. The van der Waals surface area contributed by atoms with Crippen LogP contribution in [0.4, 0.5) is 5.69 Å². The van der Waals surface area contributed by atoms with Gasteiger partial charge in [-0.2, -0.15) is 4.31 Å². The zero-order valence-corrected chi connectivity index (χ0v) is 14.0. The molecule has 23 heavy (non-hydrogen) atoms. The van der Waals surface area contributed by atoms with Gasteiger partial charge in [0.25, 0.3) is 0 Å². The Kier molecular flexibility index (Phi) is 4.74. The zero-order valence-electron chi connectivity index (χ0n) is 13.1. The van der Waals surface area contributed by atoms with E-state index in [9.17, 15) is 8.42 Å². The summed E-state index contributed by atoms with van der Waals surface area (Å²) in [5.74, 6) is 0. The van der Waals surface area contributed by atoms with Crippen molar-refractivity contribution >= 4 is 26.6 Å². The summed E-state index contributed by atoms with van der Waals surface area (Å²) < 4.78 is 24.5. The summed E-state index contributed by atoms with van der Waals surface area (Å²) in [5.41, 5.74) is 1.85. The van der Waals surface area contributed by atoms with Crippen molar-refractivity contribution < 1.29 is 8.42 Å². The number of sulfonamides is 1. The molecule has 3 rings (SSSR count). The van der Waals surface area contributed by atoms with Crippen molar-refractivity contribution in [1.82, 2.24) is 19.2 Å². The van der Waals surface area contributed by atoms with Gasteiger partial charge in [-0.25, -0.2) is 8.42 Å². The first-order valence-electron chi connectivity index (χ1n) is 7.64. The van der Waals surface area contributed by atoms with Crippen LogP contribution < -0.4 is 5.32 Å². The van der Waals surface area contributed by atoms with Crippen molar-refractivity contribution in [2.75, 3.05) is 50.8 Å². The highest BCUT2D eigenvalue weighted by Crippen LogP contribution is 2.18. The van der Waals surface area contributed by atoms with E-state index >= 15 is 0 Å². The second-order valence-electron chi connectivity index (χ2n) is 5.69. The summed E-state index contributed by atoms with van der Waals surface area (Å²) in [6.45, 7) is 4.30. The van der Waals surface area contributed by atoms with Gasteiger partial charge in [0.15, 0.2) is 0 Å². The van der Waals surface area contributed by atoms with E-state index < -0.39 is 10.0 Å². The number of nitrogens with zero attached hydrogens (tertiary/aromatic N) is 4. The number of anilines is 1. The SMILES string of the molecule is CS(=O)(=O)N1CCN(CCNc2cncc3cccnc23)CC1. The second-order valence-corrected chi connectivity index (χ2v) is 7.68. The Morgan fingerprint density at radius 2 is 2.00 bits per heavy atom. The Morgan fingerprint density at radius 1 is 1.22 bits per heavy atom. The molecule has 0 unspecified atom stereocenters. The minimum Gasteiger partial charge on any atom is -0.381 e. The Labute approximate surface area is 136 Å². The molecule has 0 saturated carbocycles. The highest BCUT2D eigenvalue weighted by molar-refractivity contribution is 7.88. The van der Waals surface area contributed by atoms with Crippen molar-refractivity contribution in [2.45, 2.75) is 0 Å². The zero-order chi connectivity index (χ0) is 16.3. The van der Waals surface area contributed by atoms with Crippen LogP contribution in [0.5, 0.6) is 0 Å². The molecule has 7 nitrogen and oxygen atoms in total. The van der Waals surface area contributed by atoms with E-state index in [1.54, 1.807) is 18.6 Å². The van der Waals surface area contributed by atoms with Gasteiger partial charge in [0, 0.05) is 57.0 Å². The molecular formula is C15H21N5O2S. The molecule has 3 heterocycles. The van der Waals surface area contributed by atoms with Gasteiger partial charge in [0.05, 0.1) is 23.7 Å². The van der Waals surface area contributed by atoms with Crippen LogP contribution in [0.1, 0.15) is 0 Å². The van der Waals surface area contributed by atoms with Gasteiger partial charge in [-0.3, -0.25) is 14.9 Å². The fourth-order valence-corrected chi connectivity index (χ4v) is 3.59. The molecular weight excluding hydrogens is 314 g/mol. The summed E-state index contributed by atoms with van der Waals surface area (Å²) in [4.78, 5) is 10.9. The number of piperazine rings is 1. The normalized spacial score (nSPS) is 17.4. The molecule has 1 aliphatic heterocycles. The predicted molar refractivity (Wildman–Crippen MR) is 90.9 cm³/mol. The van der Waals surface area contributed by atoms with Crippen LogP contribution >= 0.6 is 0 Å². The first-order valence-corrected chi connectivity index (χ1v) is 9.49. The summed E-state index contributed by atoms with van der Waals surface area (Å²) in [5, 5.41) is 4.39. The summed E-state index contributed by atoms with van der Waals surface area (Å²) in [6, 6.07) is 3.89. The van der Waals surface area contributed by atoms with Gasteiger partial charge >= 0.3 is 0 Å². The van der Waals surface area contributed by atoms with Gasteiger partial charge in [0.2, 0.25) is 10.0 Å². The van der Waals surface area contributed by atoms with Gasteiger partial charge < -0.3 is 5.32 Å². The smallest absolute Gasteiger partial charge is 0.211 e. The van der Waals surface area contributed by atoms with Gasteiger partial charge in [-0.1, -0.05) is 0 Å². The molecule has 0 atom stereocenters. The fourth-order valence-electron chi connectivity index (χ4n) is 2.76. The third kappa shape index (κ3) is 3.95. The van der Waals surface area contributed by atoms with Crippen LogP contribution in [-0.4, -0.2) is 73.1 Å². The van der Waals surface area contributed by atoms with Gasteiger partial charge in [0.1, 0.15) is 0 Å². The number of nitrogens with one attached hydrogen (secondary N) is 1. The molecule has 0 aromatic carbocycles. The van der Waals surface area contributed by atoms with Crippen molar-refractivity contribution in [3.05, 3.63) is 30.7 Å². The monoisotopic (exact) mass is 335 g/mol. The van der Waals surface area contributed by atoms with Crippen molar-refractivity contribution in [1.29, 1.82) is 0 Å². The quantitative estimate of drug-likeness (QED) is 0.863. The van der Waals surface area contributed by atoms with E-state index in [0.29, 0.717) is 13.1 Å². The lowest BCUT2D eigenvalue weighted by molar-refractivity contribution is 0.195. The highest BCUT2D eigenvalue weighted by Gasteiger charge is 2.22. The van der Waals surface area contributed by atoms with E-state index in [1.165, 1.54) is 10.6 Å². The molecule has 2 aromatic rings. The molecule has 0 radical (unpaired) electrons. The molecule has 124 valence electrons. The minimum absolute atomic E-state index is 0.566. The summed E-state index contributed by atoms with van der Waals surface area (Å²) >= 11 is 0. The Hall–Kier alpha value is -1.77. The van der Waals surface area contributed by atoms with Crippen LogP contribution in [0.25, 0.3) is 10.9 Å². The lowest BCUT2D eigenvalue weighted by Gasteiger charge is -2.33. The van der Waals surface area contributed by atoms with Gasteiger partial charge in [-0.15, -0.1) is 0 Å². The average molecular weight is 335 g/mol. The number of pyridine rings is 2. The first kappa shape index (κ1) is 16.1. The lowest BCUT2D eigenvalue weighted by Crippen LogP contribution is -2.49. The number of hydrogen-bond donors (Lipinski definition) is 1. The third-order valence-electron chi connectivity index (χ3n) is 4.06. The molecule has 0 spiro atoms. The Bertz CT molecular complexity index is 767. The lowest BCUT2D eigenvalue weighted by atomic mass is 10.2. The number of aromatic nitrogens is 2. The fraction of sp³-hybridized carbons (Fsp3) is 0.467. The maximum absolute atomic E-state index is 11.5. The van der Waals surface area contributed by atoms with E-state index in [1.807, 2.05) is 12.1 Å². The number of rotatable bonds is 5. The van der Waals surface area contributed by atoms with E-state index in [4.69, 9.17) is 0 Å². The molecule has 0 amide bonds. The maximum Gasteiger partial charge on any atom is 0.211 e. The van der Waals surface area contributed by atoms with E-state index in [0.717, 1.165) is 42.8 Å². The summed E-state index contributed by atoms with van der Waals surface area (Å²) in [6.07, 6.45) is 6.64. The van der Waals surface area contributed by atoms with Crippen molar-refractivity contribution in [2.24, 2.45) is 0 Å². The predicted octanol–water partition coefficient (Wildman–Crippen LogP) is 0.619. The van der Waals surface area contributed by atoms with Crippen LogP contribution in [0.3, 0.4) is 0 Å². The minimum atomic E-state index is -3.06. The molecule has 1 fully saturated rings. The van der Waals surface area contributed by atoms with Crippen LogP contribution in [0, 0.1) is 0 Å². The van der Waals surface area contributed by atoms with Crippen LogP contribution in [-0.2, 0) is 10.0 Å². The number of fused-ring (bicyclic) bond motifs is 1. The molecule has 1 saturated heterocycles. The standard InChI is InChI=1S/C15H21N5O2S/c1-23(21,22)20-9-7-19(8-10-20)6-5-17-14-12-16-11-13-3-2-4-18-15(13)14/h2-4,11-12,17H,5-10H2,1H3. The molecule has 1 aliphatic rings. The van der Waals surface area contributed by atoms with Crippen molar-refractivity contribution in [3.63, 3.8) is 0 Å². The Balaban J connectivity index is 1.52. The largest absolute Gasteiger partial charge is 0.381 e. The molecule has 0 aliphatic carbocycles. The van der Waals surface area contributed by atoms with Crippen molar-refractivity contribution in [3.8, 4) is 0 Å². The molecule has 1 N–H and O–H groups in total. The Morgan fingerprint density at radius 3 is 2.74 bits per heavy atom. The van der Waals surface area contributed by atoms with E-state index in [2.05, 4.69) is 20.2 Å². The van der Waals surface area contributed by atoms with Gasteiger partial charge in [-0.05, 0) is 12.1 Å². The summed E-state index contributed by atoms with van der Waals surface area (Å²) in [7, 11) is -3.06. The maximum atomic E-state index is 11.5. The van der Waals surface area contributed by atoms with E-state index in [-0.39, 0.29) is 0 Å². The molecule has 2 aromatic heterocycles. The number of hydrogen-bond acceptors (Lipinski definition) is 6. The van der Waals surface area contributed by atoms with Crippen LogP contribution in [0.2, 0.25) is 0 Å². The average Bonchev–Trinajstić information content (AvgIpc) is 2.55. The highest BCUT2D eigenvalue weighted by atomic mass is 32.2. The first-order chi connectivity index (χ1) is 11.0.